The lowest BCUT2D eigenvalue weighted by atomic mass is 10.0. The molecule has 3 aromatic rings. The van der Waals surface area contributed by atoms with Gasteiger partial charge in [0.05, 0.1) is 36.4 Å². The topological polar surface area (TPSA) is 95.3 Å². The predicted molar refractivity (Wildman–Crippen MR) is 88.0 cm³/mol. The number of aromatic nitrogens is 3. The largest absolute Gasteiger partial charge is 0.464 e. The second kappa shape index (κ2) is 6.56. The van der Waals surface area contributed by atoms with Gasteiger partial charge in [-0.15, -0.1) is 0 Å². The fourth-order valence-electron chi connectivity index (χ4n) is 2.97. The fourth-order valence-corrected chi connectivity index (χ4v) is 2.97. The van der Waals surface area contributed by atoms with Gasteiger partial charge in [-0.05, 0) is 25.5 Å². The molecule has 25 heavy (non-hydrogen) atoms. The van der Waals surface area contributed by atoms with E-state index in [1.165, 1.54) is 12.5 Å². The van der Waals surface area contributed by atoms with Crippen LogP contribution in [0.5, 0.6) is 0 Å². The number of hydrogen-bond acceptors (Lipinski definition) is 6. The van der Waals surface area contributed by atoms with E-state index in [1.54, 1.807) is 18.3 Å². The van der Waals surface area contributed by atoms with Crippen molar-refractivity contribution in [1.29, 1.82) is 0 Å². The third kappa shape index (κ3) is 3.08. The molecular weight excluding hydrogens is 324 g/mol. The van der Waals surface area contributed by atoms with Crippen LogP contribution in [0.2, 0.25) is 0 Å². The van der Waals surface area contributed by atoms with E-state index in [0.717, 1.165) is 19.6 Å². The molecule has 0 aromatic carbocycles. The molecule has 0 radical (unpaired) electrons. The molecular formula is C17H18N4O4. The van der Waals surface area contributed by atoms with Crippen molar-refractivity contribution in [3.63, 3.8) is 0 Å². The minimum atomic E-state index is -0.378. The maximum absolute atomic E-state index is 12.5. The Morgan fingerprint density at radius 1 is 1.48 bits per heavy atom. The highest BCUT2D eigenvalue weighted by molar-refractivity contribution is 6.06. The normalized spacial score (nSPS) is 18.4. The number of ether oxygens (including phenoxy) is 1. The molecule has 4 rings (SSSR count). The Hall–Kier alpha value is -2.87. The molecule has 0 aliphatic carbocycles. The molecule has 0 bridgehead atoms. The van der Waals surface area contributed by atoms with E-state index < -0.39 is 0 Å². The van der Waals surface area contributed by atoms with Gasteiger partial charge in [0.25, 0.3) is 5.91 Å². The van der Waals surface area contributed by atoms with E-state index >= 15 is 0 Å². The summed E-state index contributed by atoms with van der Waals surface area (Å²) in [4.78, 5) is 12.5. The van der Waals surface area contributed by atoms with Crippen molar-refractivity contribution in [2.75, 3.05) is 18.5 Å². The highest BCUT2D eigenvalue weighted by Gasteiger charge is 2.25. The van der Waals surface area contributed by atoms with Gasteiger partial charge in [-0.2, -0.15) is 5.10 Å². The van der Waals surface area contributed by atoms with Crippen molar-refractivity contribution < 1.29 is 18.5 Å². The van der Waals surface area contributed by atoms with Crippen molar-refractivity contribution in [3.8, 4) is 11.3 Å². The van der Waals surface area contributed by atoms with Crippen LogP contribution in [0.3, 0.4) is 0 Å². The smallest absolute Gasteiger partial charge is 0.278 e. The lowest BCUT2D eigenvalue weighted by Crippen LogP contribution is -2.17. The Morgan fingerprint density at radius 2 is 2.40 bits per heavy atom. The zero-order valence-corrected chi connectivity index (χ0v) is 13.7. The summed E-state index contributed by atoms with van der Waals surface area (Å²) >= 11 is 0. The molecule has 1 aliphatic heterocycles. The van der Waals surface area contributed by atoms with Gasteiger partial charge in [-0.1, -0.05) is 5.16 Å². The van der Waals surface area contributed by atoms with Crippen LogP contribution >= 0.6 is 0 Å². The summed E-state index contributed by atoms with van der Waals surface area (Å²) in [5, 5.41) is 10.9. The van der Waals surface area contributed by atoms with Gasteiger partial charge in [0.1, 0.15) is 12.0 Å². The van der Waals surface area contributed by atoms with Crippen LogP contribution in [0, 0.1) is 5.92 Å². The maximum atomic E-state index is 12.5. The number of carbonyl (C=O) groups is 1. The molecule has 1 saturated heterocycles. The number of furan rings is 1. The molecule has 0 spiro atoms. The van der Waals surface area contributed by atoms with Crippen LogP contribution in [0.4, 0.5) is 5.69 Å². The van der Waals surface area contributed by atoms with Crippen LogP contribution in [0.15, 0.2) is 46.0 Å². The van der Waals surface area contributed by atoms with E-state index in [2.05, 4.69) is 22.5 Å². The van der Waals surface area contributed by atoms with E-state index in [9.17, 15) is 4.79 Å². The molecule has 1 fully saturated rings. The van der Waals surface area contributed by atoms with Crippen molar-refractivity contribution in [2.24, 2.45) is 5.92 Å². The molecule has 4 heterocycles. The SMILES string of the molecule is CC(C1CCOC1)n1cc(NC(=O)c2nocc2-c2ccco2)cn1. The molecule has 130 valence electrons. The quantitative estimate of drug-likeness (QED) is 0.766. The van der Waals surface area contributed by atoms with Crippen LogP contribution in [0.1, 0.15) is 29.9 Å². The van der Waals surface area contributed by atoms with Gasteiger partial charge in [0.2, 0.25) is 0 Å². The van der Waals surface area contributed by atoms with Crippen LogP contribution in [-0.2, 0) is 4.74 Å². The van der Waals surface area contributed by atoms with Crippen molar-refractivity contribution in [1.82, 2.24) is 14.9 Å². The summed E-state index contributed by atoms with van der Waals surface area (Å²) in [6.45, 7) is 3.64. The van der Waals surface area contributed by atoms with Gasteiger partial charge < -0.3 is 19.0 Å². The lowest BCUT2D eigenvalue weighted by Gasteiger charge is -2.17. The predicted octanol–water partition coefficient (Wildman–Crippen LogP) is 2.98. The van der Waals surface area contributed by atoms with Gasteiger partial charge in [0.15, 0.2) is 5.69 Å². The fraction of sp³-hybridized carbons (Fsp3) is 0.353. The van der Waals surface area contributed by atoms with E-state index in [1.807, 2.05) is 10.9 Å². The molecule has 8 heteroatoms. The lowest BCUT2D eigenvalue weighted by molar-refractivity contribution is 0.101. The maximum Gasteiger partial charge on any atom is 0.278 e. The third-order valence-corrected chi connectivity index (χ3v) is 4.50. The van der Waals surface area contributed by atoms with Gasteiger partial charge in [-0.25, -0.2) is 0 Å². The average Bonchev–Trinajstić information content (AvgIpc) is 3.42. The van der Waals surface area contributed by atoms with Crippen molar-refractivity contribution in [3.05, 3.63) is 42.7 Å². The monoisotopic (exact) mass is 342 g/mol. The summed E-state index contributed by atoms with van der Waals surface area (Å²) in [5.41, 5.74) is 1.27. The number of rotatable bonds is 5. The van der Waals surface area contributed by atoms with Gasteiger partial charge in [-0.3, -0.25) is 9.48 Å². The summed E-state index contributed by atoms with van der Waals surface area (Å²) in [6.07, 6.45) is 7.38. The van der Waals surface area contributed by atoms with E-state index in [-0.39, 0.29) is 17.6 Å². The van der Waals surface area contributed by atoms with Gasteiger partial charge >= 0.3 is 0 Å². The van der Waals surface area contributed by atoms with Crippen LogP contribution in [0.25, 0.3) is 11.3 Å². The Bertz CT molecular complexity index is 846. The van der Waals surface area contributed by atoms with Crippen LogP contribution in [-0.4, -0.2) is 34.1 Å². The first-order valence-electron chi connectivity index (χ1n) is 8.14. The molecule has 3 aromatic heterocycles. The Balaban J connectivity index is 1.48. The average molecular weight is 342 g/mol. The molecule has 0 saturated carbocycles. The zero-order valence-electron chi connectivity index (χ0n) is 13.7. The number of amides is 1. The highest BCUT2D eigenvalue weighted by Crippen LogP contribution is 2.27. The van der Waals surface area contributed by atoms with E-state index in [0.29, 0.717) is 22.9 Å². The molecule has 2 atom stereocenters. The second-order valence-corrected chi connectivity index (χ2v) is 6.08. The van der Waals surface area contributed by atoms with Crippen molar-refractivity contribution >= 4 is 11.6 Å². The number of nitrogens with zero attached hydrogens (tertiary/aromatic N) is 3. The third-order valence-electron chi connectivity index (χ3n) is 4.50. The summed E-state index contributed by atoms with van der Waals surface area (Å²) < 4.78 is 17.5. The molecule has 8 nitrogen and oxygen atoms in total. The minimum Gasteiger partial charge on any atom is -0.464 e. The standard InChI is InChI=1S/C17H18N4O4/c1-11(12-4-6-23-9-12)21-8-13(7-18-21)19-17(22)16-14(10-25-20-16)15-3-2-5-24-15/h2-3,5,7-8,10-12H,4,6,9H2,1H3,(H,19,22). The summed E-state index contributed by atoms with van der Waals surface area (Å²) in [7, 11) is 0. The number of anilines is 1. The first-order chi connectivity index (χ1) is 12.2. The highest BCUT2D eigenvalue weighted by atomic mass is 16.5. The second-order valence-electron chi connectivity index (χ2n) is 6.08. The zero-order chi connectivity index (χ0) is 17.2. The minimum absolute atomic E-state index is 0.167. The van der Waals surface area contributed by atoms with E-state index in [4.69, 9.17) is 13.7 Å². The Labute approximate surface area is 143 Å². The molecule has 1 aliphatic rings. The first kappa shape index (κ1) is 15.6. The molecule has 2 unspecified atom stereocenters. The number of hydrogen-bond donors (Lipinski definition) is 1. The molecule has 1 amide bonds. The van der Waals surface area contributed by atoms with Crippen molar-refractivity contribution in [2.45, 2.75) is 19.4 Å². The number of carbonyl (C=O) groups excluding carboxylic acids is 1. The molecule has 1 N–H and O–H groups in total. The van der Waals surface area contributed by atoms with Crippen LogP contribution < -0.4 is 5.32 Å². The summed E-state index contributed by atoms with van der Waals surface area (Å²) in [5.74, 6) is 0.582. The Kier molecular flexibility index (Phi) is 4.10. The number of nitrogens with one attached hydrogen (secondary N) is 1. The summed E-state index contributed by atoms with van der Waals surface area (Å²) in [6, 6.07) is 3.69. The Morgan fingerprint density at radius 3 is 3.16 bits per heavy atom. The first-order valence-corrected chi connectivity index (χ1v) is 8.14. The van der Waals surface area contributed by atoms with Gasteiger partial charge in [0, 0.05) is 18.7 Å².